The fraction of sp³-hybridized carbons (Fsp3) is 0.154. The Kier molecular flexibility index (Phi) is 5.03. The summed E-state index contributed by atoms with van der Waals surface area (Å²) < 4.78 is 25.8. The smallest absolute Gasteiger partial charge is 0.236 e. The monoisotopic (exact) mass is 328 g/mol. The molecule has 0 bridgehead atoms. The average molecular weight is 328 g/mol. The molecular formula is C13H10F2N2O2S2. The van der Waals surface area contributed by atoms with Crippen LogP contribution in [0.25, 0.3) is 0 Å². The van der Waals surface area contributed by atoms with Crippen molar-refractivity contribution in [3.63, 3.8) is 0 Å². The predicted molar refractivity (Wildman–Crippen MR) is 77.8 cm³/mol. The molecule has 0 spiro atoms. The van der Waals surface area contributed by atoms with Crippen LogP contribution in [0, 0.1) is 11.6 Å². The SMILES string of the molecule is CC(=O)c1csc(NC(=O)CSc2ccc(F)c(F)c2)n1. The number of rotatable bonds is 5. The number of anilines is 1. The number of hydrogen-bond acceptors (Lipinski definition) is 5. The number of thioether (sulfide) groups is 1. The second-order valence-corrected chi connectivity index (χ2v) is 5.91. The van der Waals surface area contributed by atoms with Crippen molar-refractivity contribution in [1.82, 2.24) is 4.98 Å². The second kappa shape index (κ2) is 6.77. The first-order valence-electron chi connectivity index (χ1n) is 5.80. The molecule has 1 heterocycles. The number of halogens is 2. The Morgan fingerprint density at radius 2 is 2.10 bits per heavy atom. The van der Waals surface area contributed by atoms with Crippen LogP contribution in [0.15, 0.2) is 28.5 Å². The minimum Gasteiger partial charge on any atom is -0.301 e. The van der Waals surface area contributed by atoms with Gasteiger partial charge in [0.25, 0.3) is 0 Å². The second-order valence-electron chi connectivity index (χ2n) is 4.01. The van der Waals surface area contributed by atoms with E-state index >= 15 is 0 Å². The number of carbonyl (C=O) groups excluding carboxylic acids is 2. The number of thiazole rings is 1. The molecule has 0 aliphatic rings. The molecule has 1 N–H and O–H groups in total. The molecule has 110 valence electrons. The van der Waals surface area contributed by atoms with E-state index in [1.54, 1.807) is 5.38 Å². The quantitative estimate of drug-likeness (QED) is 0.675. The van der Waals surface area contributed by atoms with Crippen LogP contribution in [-0.4, -0.2) is 22.4 Å². The molecule has 8 heteroatoms. The van der Waals surface area contributed by atoms with E-state index in [4.69, 9.17) is 0 Å². The molecule has 0 radical (unpaired) electrons. The number of carbonyl (C=O) groups is 2. The fourth-order valence-electron chi connectivity index (χ4n) is 1.36. The Balaban J connectivity index is 1.89. The van der Waals surface area contributed by atoms with Gasteiger partial charge in [-0.15, -0.1) is 23.1 Å². The molecule has 1 amide bonds. The molecule has 1 aromatic heterocycles. The van der Waals surface area contributed by atoms with Crippen LogP contribution in [0.2, 0.25) is 0 Å². The van der Waals surface area contributed by atoms with Gasteiger partial charge in [0.05, 0.1) is 5.75 Å². The highest BCUT2D eigenvalue weighted by Gasteiger charge is 2.10. The van der Waals surface area contributed by atoms with E-state index in [-0.39, 0.29) is 17.4 Å². The summed E-state index contributed by atoms with van der Waals surface area (Å²) in [4.78, 5) is 27.2. The summed E-state index contributed by atoms with van der Waals surface area (Å²) in [6, 6.07) is 3.44. The number of nitrogens with one attached hydrogen (secondary N) is 1. The topological polar surface area (TPSA) is 59.1 Å². The van der Waals surface area contributed by atoms with Crippen LogP contribution in [0.3, 0.4) is 0 Å². The molecule has 0 atom stereocenters. The van der Waals surface area contributed by atoms with Crippen molar-refractivity contribution < 1.29 is 18.4 Å². The molecule has 2 aromatic rings. The van der Waals surface area contributed by atoms with Crippen LogP contribution in [0.4, 0.5) is 13.9 Å². The third-order valence-corrected chi connectivity index (χ3v) is 4.12. The van der Waals surface area contributed by atoms with Gasteiger partial charge >= 0.3 is 0 Å². The van der Waals surface area contributed by atoms with E-state index in [9.17, 15) is 18.4 Å². The Bertz CT molecular complexity index is 689. The third-order valence-electron chi connectivity index (χ3n) is 2.37. The van der Waals surface area contributed by atoms with E-state index in [0.717, 1.165) is 35.2 Å². The molecule has 4 nitrogen and oxygen atoms in total. The van der Waals surface area contributed by atoms with Gasteiger partial charge in [0.2, 0.25) is 5.91 Å². The number of ketones is 1. The number of hydrogen-bond donors (Lipinski definition) is 1. The zero-order valence-corrected chi connectivity index (χ0v) is 12.5. The third kappa shape index (κ3) is 4.33. The first-order chi connectivity index (χ1) is 9.95. The number of Topliss-reactive ketones (excluding diaryl/α,β-unsaturated/α-hetero) is 1. The lowest BCUT2D eigenvalue weighted by Gasteiger charge is -2.02. The van der Waals surface area contributed by atoms with Gasteiger partial charge in [0.1, 0.15) is 5.69 Å². The van der Waals surface area contributed by atoms with Crippen molar-refractivity contribution in [2.45, 2.75) is 11.8 Å². The standard InChI is InChI=1S/C13H10F2N2O2S2/c1-7(18)11-5-21-13(16-11)17-12(19)6-20-8-2-3-9(14)10(15)4-8/h2-5H,6H2,1H3,(H,16,17,19). The molecular weight excluding hydrogens is 318 g/mol. The minimum atomic E-state index is -0.952. The van der Waals surface area contributed by atoms with Gasteiger partial charge in [-0.25, -0.2) is 13.8 Å². The Hall–Kier alpha value is -1.80. The van der Waals surface area contributed by atoms with Crippen molar-refractivity contribution in [2.75, 3.05) is 11.1 Å². The van der Waals surface area contributed by atoms with Gasteiger partial charge in [0, 0.05) is 17.2 Å². The van der Waals surface area contributed by atoms with Gasteiger partial charge in [-0.05, 0) is 18.2 Å². The molecule has 0 saturated carbocycles. The van der Waals surface area contributed by atoms with Crippen LogP contribution >= 0.6 is 23.1 Å². The summed E-state index contributed by atoms with van der Waals surface area (Å²) in [5, 5.41) is 4.43. The molecule has 21 heavy (non-hydrogen) atoms. The first-order valence-corrected chi connectivity index (χ1v) is 7.66. The fourth-order valence-corrected chi connectivity index (χ4v) is 2.85. The zero-order valence-electron chi connectivity index (χ0n) is 10.9. The van der Waals surface area contributed by atoms with E-state index in [1.807, 2.05) is 0 Å². The minimum absolute atomic E-state index is 0.0278. The summed E-state index contributed by atoms with van der Waals surface area (Å²) in [5.74, 6) is -2.37. The lowest BCUT2D eigenvalue weighted by molar-refractivity contribution is -0.113. The molecule has 0 unspecified atom stereocenters. The van der Waals surface area contributed by atoms with E-state index in [0.29, 0.717) is 15.7 Å². The van der Waals surface area contributed by atoms with E-state index < -0.39 is 11.6 Å². The average Bonchev–Trinajstić information content (AvgIpc) is 2.89. The van der Waals surface area contributed by atoms with Crippen molar-refractivity contribution in [1.29, 1.82) is 0 Å². The summed E-state index contributed by atoms with van der Waals surface area (Å²) >= 11 is 2.22. The maximum atomic E-state index is 13.0. The number of amides is 1. The van der Waals surface area contributed by atoms with Gasteiger partial charge in [-0.3, -0.25) is 9.59 Å². The lowest BCUT2D eigenvalue weighted by atomic mass is 10.3. The normalized spacial score (nSPS) is 10.4. The van der Waals surface area contributed by atoms with Crippen molar-refractivity contribution >= 4 is 39.9 Å². The summed E-state index contributed by atoms with van der Waals surface area (Å²) in [6.07, 6.45) is 0. The maximum absolute atomic E-state index is 13.0. The van der Waals surface area contributed by atoms with Gasteiger partial charge < -0.3 is 5.32 Å². The van der Waals surface area contributed by atoms with E-state index in [1.165, 1.54) is 13.0 Å². The van der Waals surface area contributed by atoms with E-state index in [2.05, 4.69) is 10.3 Å². The van der Waals surface area contributed by atoms with Gasteiger partial charge in [-0.1, -0.05) is 0 Å². The summed E-state index contributed by atoms with van der Waals surface area (Å²) in [6.45, 7) is 1.39. The lowest BCUT2D eigenvalue weighted by Crippen LogP contribution is -2.14. The predicted octanol–water partition coefficient (Wildman–Crippen LogP) is 3.35. The number of benzene rings is 1. The highest BCUT2D eigenvalue weighted by molar-refractivity contribution is 8.00. The van der Waals surface area contributed by atoms with Crippen LogP contribution in [-0.2, 0) is 4.79 Å². The Morgan fingerprint density at radius 1 is 1.33 bits per heavy atom. The van der Waals surface area contributed by atoms with Gasteiger partial charge in [-0.2, -0.15) is 0 Å². The van der Waals surface area contributed by atoms with Crippen LogP contribution < -0.4 is 5.32 Å². The molecule has 0 fully saturated rings. The Morgan fingerprint density at radius 3 is 2.71 bits per heavy atom. The number of aromatic nitrogens is 1. The van der Waals surface area contributed by atoms with Crippen molar-refractivity contribution in [3.05, 3.63) is 40.9 Å². The molecule has 0 aliphatic heterocycles. The molecule has 2 rings (SSSR count). The molecule has 0 saturated heterocycles. The van der Waals surface area contributed by atoms with Crippen molar-refractivity contribution in [3.8, 4) is 0 Å². The highest BCUT2D eigenvalue weighted by Crippen LogP contribution is 2.21. The highest BCUT2D eigenvalue weighted by atomic mass is 32.2. The number of nitrogens with zero attached hydrogens (tertiary/aromatic N) is 1. The zero-order chi connectivity index (χ0) is 15.4. The largest absolute Gasteiger partial charge is 0.301 e. The van der Waals surface area contributed by atoms with Crippen molar-refractivity contribution in [2.24, 2.45) is 0 Å². The maximum Gasteiger partial charge on any atom is 0.236 e. The van der Waals surface area contributed by atoms with Gasteiger partial charge in [0.15, 0.2) is 22.5 Å². The van der Waals surface area contributed by atoms with Crippen LogP contribution in [0.5, 0.6) is 0 Å². The van der Waals surface area contributed by atoms with Crippen LogP contribution in [0.1, 0.15) is 17.4 Å². The summed E-state index contributed by atoms with van der Waals surface area (Å²) in [5.41, 5.74) is 0.295. The Labute approximate surface area is 127 Å². The first kappa shape index (κ1) is 15.6. The molecule has 1 aromatic carbocycles. The summed E-state index contributed by atoms with van der Waals surface area (Å²) in [7, 11) is 0. The molecule has 0 aliphatic carbocycles.